The van der Waals surface area contributed by atoms with Gasteiger partial charge in [0.25, 0.3) is 7.57 Å². The summed E-state index contributed by atoms with van der Waals surface area (Å²) in [5, 5.41) is 27.2. The zero-order chi connectivity index (χ0) is 60.4. The summed E-state index contributed by atoms with van der Waals surface area (Å²) in [5.41, 5.74) is 0.787. The second-order valence-electron chi connectivity index (χ2n) is 19.0. The molecule has 1 aliphatic carbocycles. The first-order valence-corrected chi connectivity index (χ1v) is 39.6. The summed E-state index contributed by atoms with van der Waals surface area (Å²) < 4.78 is 72.4. The number of benzene rings is 1. The number of hydrogen-bond donors (Lipinski definition) is 10. The molecular weight excluding hydrogens is 1260 g/mol. The third-order valence-corrected chi connectivity index (χ3v) is 23.4. The highest BCUT2D eigenvalue weighted by Crippen LogP contribution is 2.78. The van der Waals surface area contributed by atoms with Crippen LogP contribution in [0.25, 0.3) is 0 Å². The van der Waals surface area contributed by atoms with Gasteiger partial charge < -0.3 is 83.8 Å². The van der Waals surface area contributed by atoms with Gasteiger partial charge in [0.15, 0.2) is 13.1 Å². The van der Waals surface area contributed by atoms with Gasteiger partial charge in [0, 0.05) is 66.7 Å². The average molecular weight is 1340 g/mol. The van der Waals surface area contributed by atoms with Crippen molar-refractivity contribution in [3.05, 3.63) is 29.8 Å². The van der Waals surface area contributed by atoms with Crippen LogP contribution in [-0.2, 0) is 56.2 Å². The van der Waals surface area contributed by atoms with E-state index in [1.807, 2.05) is 0 Å². The molecule has 4 rings (SSSR count). The van der Waals surface area contributed by atoms with Crippen LogP contribution in [0.15, 0.2) is 24.3 Å². The van der Waals surface area contributed by atoms with Gasteiger partial charge in [-0.25, -0.2) is 0 Å². The first kappa shape index (κ1) is 73.3. The Balaban J connectivity index is 1.02. The third kappa shape index (κ3) is 27.5. The van der Waals surface area contributed by atoms with Crippen molar-refractivity contribution < 1.29 is 99.6 Å². The number of carbonyl (C=O) groups is 5. The maximum atomic E-state index is 14.9. The Hall–Kier alpha value is -1.13. The molecule has 11 atom stereocenters. The molecule has 3 aliphatic rings. The van der Waals surface area contributed by atoms with E-state index in [2.05, 4.69) is 74.2 Å². The minimum Gasteiger partial charge on any atom is -0.390 e. The molecule has 1 aromatic carbocycles. The molecule has 3 fully saturated rings. The van der Waals surface area contributed by atoms with Crippen LogP contribution in [0.4, 0.5) is 14.5 Å². The van der Waals surface area contributed by atoms with Crippen LogP contribution in [0.1, 0.15) is 68.1 Å². The van der Waals surface area contributed by atoms with Gasteiger partial charge in [-0.3, -0.25) is 28.3 Å². The molecule has 466 valence electrons. The molecule has 2 heterocycles. The van der Waals surface area contributed by atoms with Crippen molar-refractivity contribution in [2.75, 3.05) is 94.3 Å². The Morgan fingerprint density at radius 2 is 1.45 bits per heavy atom. The van der Waals surface area contributed by atoms with Gasteiger partial charge in [0.05, 0.1) is 90.5 Å². The van der Waals surface area contributed by atoms with Crippen molar-refractivity contribution in [3.8, 4) is 11.8 Å². The lowest BCUT2D eigenvalue weighted by Crippen LogP contribution is -2.50. The molecular formula is C48H78F2N4O19P6S3. The molecule has 23 nitrogen and oxygen atoms in total. The predicted molar refractivity (Wildman–Crippen MR) is 329 cm³/mol. The second-order valence-corrected chi connectivity index (χ2v) is 35.0. The number of nitrogens with one attached hydrogen (secondary N) is 4. The van der Waals surface area contributed by atoms with Gasteiger partial charge in [0.2, 0.25) is 31.0 Å². The Labute approximate surface area is 495 Å². The summed E-state index contributed by atoms with van der Waals surface area (Å²) in [5.74, 6) is 5.54. The van der Waals surface area contributed by atoms with Crippen LogP contribution in [-0.4, -0.2) is 215 Å². The molecule has 2 saturated heterocycles. The molecule has 0 bridgehead atoms. The van der Waals surface area contributed by atoms with E-state index < -0.39 is 78.1 Å². The highest BCUT2D eigenvalue weighted by molar-refractivity contribution is 8.76. The number of Topliss-reactive ketones (excluding diaryl/α,β-unsaturated/α-hetero) is 1. The Morgan fingerprint density at radius 3 is 2.12 bits per heavy atom. The third-order valence-electron chi connectivity index (χ3n) is 12.3. The summed E-state index contributed by atoms with van der Waals surface area (Å²) >= 11 is 1.19. The van der Waals surface area contributed by atoms with Crippen LogP contribution in [0.5, 0.6) is 0 Å². The van der Waals surface area contributed by atoms with Crippen LogP contribution in [0, 0.1) is 17.8 Å². The summed E-state index contributed by atoms with van der Waals surface area (Å²) in [7, 11) is -7.70. The van der Waals surface area contributed by atoms with E-state index in [4.69, 9.17) is 32.7 Å². The predicted octanol–water partition coefficient (Wildman–Crippen LogP) is 4.39. The van der Waals surface area contributed by atoms with Crippen molar-refractivity contribution in [3.63, 3.8) is 0 Å². The van der Waals surface area contributed by atoms with E-state index in [0.717, 1.165) is 32.1 Å². The molecule has 34 heteroatoms. The minimum absolute atomic E-state index is 0.0228. The van der Waals surface area contributed by atoms with E-state index in [0.29, 0.717) is 42.2 Å². The van der Waals surface area contributed by atoms with Crippen molar-refractivity contribution in [2.45, 2.75) is 106 Å². The first-order valence-electron chi connectivity index (χ1n) is 26.0. The van der Waals surface area contributed by atoms with Gasteiger partial charge in [0.1, 0.15) is 24.9 Å². The molecule has 0 radical (unpaired) electrons. The van der Waals surface area contributed by atoms with Crippen LogP contribution in [0.2, 0.25) is 0 Å². The fourth-order valence-corrected chi connectivity index (χ4v) is 17.1. The molecule has 0 aromatic heterocycles. The monoisotopic (exact) mass is 1330 g/mol. The van der Waals surface area contributed by atoms with Crippen molar-refractivity contribution in [2.24, 2.45) is 5.92 Å². The lowest BCUT2D eigenvalue weighted by molar-refractivity contribution is -0.131. The van der Waals surface area contributed by atoms with Gasteiger partial charge in [-0.2, -0.15) is 20.5 Å². The quantitative estimate of drug-likeness (QED) is 0.0144. The number of alkyl halides is 2. The van der Waals surface area contributed by atoms with Gasteiger partial charge in [-0.15, -0.1) is 0 Å². The SMILES string of the molecule is C=P(O)(O)OP(=C)(O)C(F)(F)P(=C)(O)OC[C@H]1O[C@@H](CSCC(=O)c2ccc(NC(=O)COCCOCCOCCNC(=O)C(CSSCCC(=O)NCC#CC[C@H]3CC(O)[C@@H](COP(P)P)O3)NC(=O)C3CCCCC3)cc2)CC1O. The minimum atomic E-state index is -5.24. The largest absolute Gasteiger partial charge is 0.390 e. The number of aliphatic hydroxyl groups is 2. The number of aliphatic hydroxyl groups excluding tert-OH is 2. The number of ether oxygens (including phenoxy) is 5. The number of hydrogen-bond acceptors (Lipinski definition) is 22. The Kier molecular flexibility index (Phi) is 33.7. The fourth-order valence-electron chi connectivity index (χ4n) is 8.02. The maximum absolute atomic E-state index is 14.9. The van der Waals surface area contributed by atoms with Crippen LogP contribution < -0.4 is 21.3 Å². The van der Waals surface area contributed by atoms with Gasteiger partial charge in [-0.05, 0) is 56.0 Å². The smallest absolute Gasteiger partial charge is 0.370 e. The number of anilines is 1. The summed E-state index contributed by atoms with van der Waals surface area (Å²) in [4.78, 5) is 103. The zero-order valence-corrected chi connectivity index (χ0v) is 53.6. The zero-order valence-electron chi connectivity index (χ0n) is 45.2. The average Bonchev–Trinajstić information content (AvgIpc) is 4.11. The van der Waals surface area contributed by atoms with Gasteiger partial charge in [-0.1, -0.05) is 70.5 Å². The number of rotatable bonds is 38. The summed E-state index contributed by atoms with van der Waals surface area (Å²) in [6.45, 7) is 0.653. The standard InChI is InChI=1S/C48H78F2N4O19P6S3/c1-77(62,48(49,50)78(2,63)73-79(3,64)65)70-28-43-40(56)26-37(72-43)30-80-32-41(57)33-12-14-35(15-13-33)53-45(59)29-68-23-22-67-21-20-66-19-18-52-47(61)38(54-46(60)34-9-5-4-6-10-34)31-82-81-24-16-44(58)51-17-8-7-11-36-25-39(55)42(71-36)27-69-76(74)75/h12-15,34,36-40,42-43,55-56,62-65H,1-6,9-11,16-32,74-75H2,(H,51,58)(H,52,61)(H,53,59)(H,54,60)/t36-,37+,38?,39?,40?,42+,43+,77?,78?/m0/s1. The van der Waals surface area contributed by atoms with Crippen molar-refractivity contribution >= 4 is 135 Å². The van der Waals surface area contributed by atoms with E-state index in [1.54, 1.807) is 12.1 Å². The molecule has 0 spiro atoms. The highest BCUT2D eigenvalue weighted by atomic mass is 33.1. The van der Waals surface area contributed by atoms with E-state index in [1.165, 1.54) is 45.5 Å². The number of thioether (sulfide) groups is 1. The Morgan fingerprint density at radius 1 is 0.817 bits per heavy atom. The topological polar surface area (TPSA) is 329 Å². The molecule has 7 unspecified atom stereocenters. The molecule has 10 N–H and O–H groups in total. The molecule has 2 aliphatic heterocycles. The fraction of sp³-hybridized carbons (Fsp3) is 0.667. The Bertz CT molecular complexity index is 2410. The van der Waals surface area contributed by atoms with Crippen LogP contribution in [0.3, 0.4) is 0 Å². The molecule has 82 heavy (non-hydrogen) atoms. The number of amides is 4. The molecule has 1 saturated carbocycles. The lowest BCUT2D eigenvalue weighted by Gasteiger charge is -2.35. The molecule has 4 amide bonds. The van der Waals surface area contributed by atoms with E-state index >= 15 is 0 Å². The number of ketones is 1. The highest BCUT2D eigenvalue weighted by Gasteiger charge is 2.57. The van der Waals surface area contributed by atoms with E-state index in [9.17, 15) is 62.5 Å². The summed E-state index contributed by atoms with van der Waals surface area (Å²) in [6.07, 6.45) is 10.2. The normalized spacial score (nSPS) is 22.3. The molecule has 1 aromatic rings. The number of halogens is 2. The van der Waals surface area contributed by atoms with Crippen LogP contribution >= 0.6 is 81.0 Å². The second kappa shape index (κ2) is 37.7. The number of carbonyl (C=O) groups excluding carboxylic acids is 5. The lowest BCUT2D eigenvalue weighted by atomic mass is 9.88. The van der Waals surface area contributed by atoms with E-state index in [-0.39, 0.29) is 119 Å². The maximum Gasteiger partial charge on any atom is 0.370 e. The van der Waals surface area contributed by atoms with Crippen molar-refractivity contribution in [1.29, 1.82) is 0 Å². The summed E-state index contributed by atoms with van der Waals surface area (Å²) in [6, 6.07) is 5.41. The van der Waals surface area contributed by atoms with Crippen molar-refractivity contribution in [1.82, 2.24) is 16.0 Å². The first-order chi connectivity index (χ1) is 38.8. The van der Waals surface area contributed by atoms with Gasteiger partial charge >= 0.3 is 5.40 Å².